The average Bonchev–Trinajstić information content (AvgIpc) is 2.89. The predicted octanol–water partition coefficient (Wildman–Crippen LogP) is 2.90. The maximum atomic E-state index is 13.4. The summed E-state index contributed by atoms with van der Waals surface area (Å²) in [6, 6.07) is 10.8. The highest BCUT2D eigenvalue weighted by atomic mass is 16.7. The Hall–Kier alpha value is -1.93. The second kappa shape index (κ2) is 12.5. The van der Waals surface area contributed by atoms with Crippen LogP contribution in [0.5, 0.6) is 0 Å². The van der Waals surface area contributed by atoms with Crippen LogP contribution < -0.4 is 0 Å². The third-order valence-corrected chi connectivity index (χ3v) is 6.92. The number of allylic oxidation sites excluding steroid dienone is 1. The molecular weight excluding hydrogens is 420 g/mol. The molecule has 182 valence electrons. The Morgan fingerprint density at radius 2 is 1.76 bits per heavy atom. The Morgan fingerprint density at radius 1 is 1.00 bits per heavy atom. The van der Waals surface area contributed by atoms with Gasteiger partial charge in [-0.05, 0) is 50.4 Å². The smallest absolute Gasteiger partial charge is 0.288 e. The van der Waals surface area contributed by atoms with Gasteiger partial charge in [0.2, 0.25) is 6.29 Å². The normalized spacial score (nSPS) is 24.9. The highest BCUT2D eigenvalue weighted by Gasteiger charge is 2.33. The van der Waals surface area contributed by atoms with Crippen molar-refractivity contribution in [3.63, 3.8) is 0 Å². The Balaban J connectivity index is 1.37. The molecule has 3 aliphatic heterocycles. The van der Waals surface area contributed by atoms with E-state index in [0.717, 1.165) is 31.5 Å². The van der Waals surface area contributed by atoms with Crippen molar-refractivity contribution in [3.8, 4) is 0 Å². The lowest BCUT2D eigenvalue weighted by atomic mass is 9.92. The van der Waals surface area contributed by atoms with E-state index < -0.39 is 6.29 Å². The zero-order valence-electron chi connectivity index (χ0n) is 19.6. The molecule has 1 aromatic carbocycles. The molecule has 3 aliphatic rings. The SMILES string of the molecule is O=C(C1=C[C@H](c2ccccc2)C[C@H](OCCOCCO)O1)N1CCC(N2CCCCC2)CC1. The van der Waals surface area contributed by atoms with Crippen LogP contribution in [0.1, 0.15) is 50.0 Å². The molecule has 0 unspecified atom stereocenters. The number of carbonyl (C=O) groups is 1. The topological polar surface area (TPSA) is 71.5 Å². The van der Waals surface area contributed by atoms with Crippen LogP contribution in [0.15, 0.2) is 42.2 Å². The molecule has 2 fully saturated rings. The number of ether oxygens (including phenoxy) is 3. The number of nitrogens with zero attached hydrogens (tertiary/aromatic N) is 2. The lowest BCUT2D eigenvalue weighted by molar-refractivity contribution is -0.157. The van der Waals surface area contributed by atoms with E-state index >= 15 is 0 Å². The van der Waals surface area contributed by atoms with Crippen molar-refractivity contribution >= 4 is 5.91 Å². The second-order valence-electron chi connectivity index (χ2n) is 9.16. The minimum Gasteiger partial charge on any atom is -0.459 e. The van der Waals surface area contributed by atoms with Gasteiger partial charge in [-0.15, -0.1) is 0 Å². The van der Waals surface area contributed by atoms with Crippen LogP contribution in [0.25, 0.3) is 0 Å². The molecule has 2 saturated heterocycles. The number of amides is 1. The number of carbonyl (C=O) groups excluding carboxylic acids is 1. The Morgan fingerprint density at radius 3 is 2.48 bits per heavy atom. The van der Waals surface area contributed by atoms with Gasteiger partial charge in [-0.25, -0.2) is 0 Å². The summed E-state index contributed by atoms with van der Waals surface area (Å²) in [6.07, 6.45) is 8.13. The van der Waals surface area contributed by atoms with E-state index in [-0.39, 0.29) is 18.4 Å². The van der Waals surface area contributed by atoms with Crippen molar-refractivity contribution < 1.29 is 24.1 Å². The quantitative estimate of drug-likeness (QED) is 0.574. The van der Waals surface area contributed by atoms with Gasteiger partial charge in [-0.1, -0.05) is 36.8 Å². The number of hydrogen-bond donors (Lipinski definition) is 1. The summed E-state index contributed by atoms with van der Waals surface area (Å²) in [5.41, 5.74) is 1.15. The van der Waals surface area contributed by atoms with Gasteiger partial charge in [-0.2, -0.15) is 0 Å². The zero-order valence-corrected chi connectivity index (χ0v) is 19.6. The molecule has 0 aliphatic carbocycles. The summed E-state index contributed by atoms with van der Waals surface area (Å²) in [5.74, 6) is 0.429. The lowest BCUT2D eigenvalue weighted by Crippen LogP contribution is -2.49. The Kier molecular flexibility index (Phi) is 9.17. The van der Waals surface area contributed by atoms with E-state index in [1.165, 1.54) is 32.4 Å². The van der Waals surface area contributed by atoms with Crippen LogP contribution in [-0.4, -0.2) is 85.8 Å². The molecule has 0 spiro atoms. The van der Waals surface area contributed by atoms with Crippen molar-refractivity contribution in [3.05, 3.63) is 47.7 Å². The monoisotopic (exact) mass is 458 g/mol. The number of hydrogen-bond acceptors (Lipinski definition) is 6. The number of rotatable bonds is 9. The third kappa shape index (κ3) is 6.79. The molecule has 0 bridgehead atoms. The summed E-state index contributed by atoms with van der Waals surface area (Å²) in [5, 5.41) is 8.84. The maximum Gasteiger partial charge on any atom is 0.288 e. The fourth-order valence-corrected chi connectivity index (χ4v) is 5.12. The highest BCUT2D eigenvalue weighted by Crippen LogP contribution is 2.32. The first-order valence-electron chi connectivity index (χ1n) is 12.5. The summed E-state index contributed by atoms with van der Waals surface area (Å²) < 4.78 is 17.2. The van der Waals surface area contributed by atoms with Crippen molar-refractivity contribution in [2.24, 2.45) is 0 Å². The van der Waals surface area contributed by atoms with Crippen LogP contribution in [0.4, 0.5) is 0 Å². The molecule has 7 heteroatoms. The summed E-state index contributed by atoms with van der Waals surface area (Å²) in [6.45, 7) is 4.97. The first-order valence-corrected chi connectivity index (χ1v) is 12.5. The van der Waals surface area contributed by atoms with Gasteiger partial charge < -0.3 is 29.1 Å². The highest BCUT2D eigenvalue weighted by molar-refractivity contribution is 5.91. The molecule has 1 amide bonds. The Labute approximate surface area is 197 Å². The van der Waals surface area contributed by atoms with Gasteiger partial charge in [0.1, 0.15) is 0 Å². The number of piperidine rings is 2. The molecule has 33 heavy (non-hydrogen) atoms. The Bertz CT molecular complexity index is 757. The van der Waals surface area contributed by atoms with Gasteiger partial charge in [0.05, 0.1) is 26.4 Å². The molecule has 0 aromatic heterocycles. The molecule has 4 rings (SSSR count). The zero-order chi connectivity index (χ0) is 22.9. The lowest BCUT2D eigenvalue weighted by Gasteiger charge is -2.40. The fourth-order valence-electron chi connectivity index (χ4n) is 5.12. The molecule has 0 radical (unpaired) electrons. The van der Waals surface area contributed by atoms with Gasteiger partial charge in [0.25, 0.3) is 5.91 Å². The van der Waals surface area contributed by atoms with Crippen molar-refractivity contribution in [2.45, 2.75) is 56.8 Å². The fraction of sp³-hybridized carbons (Fsp3) is 0.654. The van der Waals surface area contributed by atoms with E-state index in [4.69, 9.17) is 19.3 Å². The number of benzene rings is 1. The third-order valence-electron chi connectivity index (χ3n) is 6.92. The van der Waals surface area contributed by atoms with Crippen LogP contribution in [0, 0.1) is 0 Å². The van der Waals surface area contributed by atoms with Crippen LogP contribution in [-0.2, 0) is 19.0 Å². The first kappa shape index (κ1) is 24.2. The summed E-state index contributed by atoms with van der Waals surface area (Å²) in [7, 11) is 0. The van der Waals surface area contributed by atoms with Gasteiger partial charge >= 0.3 is 0 Å². The minimum absolute atomic E-state index is 0.00809. The van der Waals surface area contributed by atoms with E-state index in [2.05, 4.69) is 17.0 Å². The van der Waals surface area contributed by atoms with E-state index in [0.29, 0.717) is 38.0 Å². The van der Waals surface area contributed by atoms with Crippen LogP contribution >= 0.6 is 0 Å². The maximum absolute atomic E-state index is 13.4. The molecular formula is C26H38N2O5. The van der Waals surface area contributed by atoms with Crippen molar-refractivity contribution in [2.75, 3.05) is 52.6 Å². The second-order valence-corrected chi connectivity index (χ2v) is 9.16. The molecule has 3 heterocycles. The number of aliphatic hydroxyl groups is 1. The number of likely N-dealkylation sites (tertiary alicyclic amines) is 2. The molecule has 0 saturated carbocycles. The van der Waals surface area contributed by atoms with E-state index in [9.17, 15) is 4.79 Å². The van der Waals surface area contributed by atoms with E-state index in [1.54, 1.807) is 0 Å². The molecule has 1 N–H and O–H groups in total. The van der Waals surface area contributed by atoms with Crippen molar-refractivity contribution in [1.29, 1.82) is 0 Å². The standard InChI is InChI=1S/C26H38N2O5/c29-15-16-31-17-18-32-25-20-22(21-7-3-1-4-8-21)19-24(33-25)26(30)28-13-9-23(10-14-28)27-11-5-2-6-12-27/h1,3-4,7-8,19,22-23,25,29H,2,5-6,9-18,20H2/t22-,25+/m0/s1. The van der Waals surface area contributed by atoms with Crippen LogP contribution in [0.3, 0.4) is 0 Å². The molecule has 7 nitrogen and oxygen atoms in total. The van der Waals surface area contributed by atoms with E-state index in [1.807, 2.05) is 29.2 Å². The van der Waals surface area contributed by atoms with Gasteiger partial charge in [-0.3, -0.25) is 4.79 Å². The van der Waals surface area contributed by atoms with Gasteiger partial charge in [0.15, 0.2) is 5.76 Å². The number of aliphatic hydroxyl groups excluding tert-OH is 1. The summed E-state index contributed by atoms with van der Waals surface area (Å²) >= 11 is 0. The minimum atomic E-state index is -0.497. The summed E-state index contributed by atoms with van der Waals surface area (Å²) in [4.78, 5) is 18.0. The largest absolute Gasteiger partial charge is 0.459 e. The molecule has 2 atom stereocenters. The average molecular weight is 459 g/mol. The van der Waals surface area contributed by atoms with Crippen LogP contribution in [0.2, 0.25) is 0 Å². The molecule has 1 aromatic rings. The predicted molar refractivity (Wildman–Crippen MR) is 126 cm³/mol. The first-order chi connectivity index (χ1) is 16.2. The van der Waals surface area contributed by atoms with Crippen molar-refractivity contribution in [1.82, 2.24) is 9.80 Å². The van der Waals surface area contributed by atoms with Gasteiger partial charge in [0, 0.05) is 31.5 Å².